The highest BCUT2D eigenvalue weighted by Gasteiger charge is 2.28. The number of ether oxygens (including phenoxy) is 1. The van der Waals surface area contributed by atoms with Crippen molar-refractivity contribution in [3.63, 3.8) is 0 Å². The molecular formula is C14H20FNO2. The maximum absolute atomic E-state index is 13.2. The summed E-state index contributed by atoms with van der Waals surface area (Å²) in [5.41, 5.74) is 0.485. The maximum Gasteiger partial charge on any atom is 0.165 e. The lowest BCUT2D eigenvalue weighted by molar-refractivity contribution is -0.0630. The van der Waals surface area contributed by atoms with Gasteiger partial charge in [-0.05, 0) is 32.8 Å². The summed E-state index contributed by atoms with van der Waals surface area (Å²) in [4.78, 5) is 0. The Balaban J connectivity index is 1.93. The van der Waals surface area contributed by atoms with Crippen molar-refractivity contribution in [3.8, 4) is 5.75 Å². The third kappa shape index (κ3) is 3.21. The number of halogens is 1. The van der Waals surface area contributed by atoms with Crippen LogP contribution in [-0.4, -0.2) is 23.4 Å². The van der Waals surface area contributed by atoms with Gasteiger partial charge in [0, 0.05) is 24.8 Å². The zero-order valence-corrected chi connectivity index (χ0v) is 10.9. The lowest BCUT2D eigenvalue weighted by Gasteiger charge is -2.36. The molecule has 1 atom stereocenters. The molecule has 3 nitrogen and oxygen atoms in total. The first kappa shape index (κ1) is 13.3. The molecule has 1 heterocycles. The molecule has 1 aromatic carbocycles. The summed E-state index contributed by atoms with van der Waals surface area (Å²) in [6.45, 7) is 5.35. The number of hydrogen-bond donors (Lipinski definition) is 2. The quantitative estimate of drug-likeness (QED) is 0.870. The van der Waals surface area contributed by atoms with E-state index in [-0.39, 0.29) is 11.4 Å². The van der Waals surface area contributed by atoms with E-state index < -0.39 is 5.82 Å². The van der Waals surface area contributed by atoms with E-state index in [0.29, 0.717) is 18.2 Å². The van der Waals surface area contributed by atoms with Crippen LogP contribution in [0.3, 0.4) is 0 Å². The molecular weight excluding hydrogens is 233 g/mol. The average molecular weight is 253 g/mol. The topological polar surface area (TPSA) is 41.5 Å². The summed E-state index contributed by atoms with van der Waals surface area (Å²) in [5.74, 6) is -0.821. The number of hydrogen-bond acceptors (Lipinski definition) is 3. The van der Waals surface area contributed by atoms with Gasteiger partial charge in [0.25, 0.3) is 0 Å². The summed E-state index contributed by atoms with van der Waals surface area (Å²) < 4.78 is 18.8. The van der Waals surface area contributed by atoms with Crippen molar-refractivity contribution in [2.75, 3.05) is 6.61 Å². The highest BCUT2D eigenvalue weighted by atomic mass is 19.1. The Kier molecular flexibility index (Phi) is 3.88. The zero-order chi connectivity index (χ0) is 13.2. The van der Waals surface area contributed by atoms with Crippen molar-refractivity contribution < 1.29 is 14.2 Å². The van der Waals surface area contributed by atoms with E-state index in [1.165, 1.54) is 6.07 Å². The van der Waals surface area contributed by atoms with Crippen LogP contribution in [0.25, 0.3) is 0 Å². The molecule has 1 unspecified atom stereocenters. The molecule has 0 aliphatic carbocycles. The smallest absolute Gasteiger partial charge is 0.165 e. The van der Waals surface area contributed by atoms with Gasteiger partial charge in [-0.25, -0.2) is 4.39 Å². The third-order valence-electron chi connectivity index (χ3n) is 3.35. The Morgan fingerprint density at radius 2 is 2.28 bits per heavy atom. The van der Waals surface area contributed by atoms with Gasteiger partial charge in [-0.1, -0.05) is 12.1 Å². The lowest BCUT2D eigenvalue weighted by atomic mass is 9.94. The minimum absolute atomic E-state index is 0.111. The Labute approximate surface area is 107 Å². The van der Waals surface area contributed by atoms with Crippen molar-refractivity contribution in [1.29, 1.82) is 0 Å². The summed E-state index contributed by atoms with van der Waals surface area (Å²) >= 11 is 0. The molecule has 0 spiro atoms. The van der Waals surface area contributed by atoms with Crippen LogP contribution in [0.2, 0.25) is 0 Å². The molecule has 0 aromatic heterocycles. The minimum Gasteiger partial charge on any atom is -0.505 e. The van der Waals surface area contributed by atoms with E-state index in [1.54, 1.807) is 12.1 Å². The normalized spacial score (nSPS) is 22.9. The van der Waals surface area contributed by atoms with E-state index in [1.807, 2.05) is 0 Å². The van der Waals surface area contributed by atoms with Gasteiger partial charge in [0.1, 0.15) is 0 Å². The van der Waals surface area contributed by atoms with Crippen LogP contribution >= 0.6 is 0 Å². The predicted molar refractivity (Wildman–Crippen MR) is 68.0 cm³/mol. The molecule has 0 radical (unpaired) electrons. The lowest BCUT2D eigenvalue weighted by Crippen LogP contribution is -2.43. The zero-order valence-electron chi connectivity index (χ0n) is 10.9. The Bertz CT molecular complexity index is 420. The molecule has 100 valence electrons. The van der Waals surface area contributed by atoms with Gasteiger partial charge in [-0.2, -0.15) is 0 Å². The van der Waals surface area contributed by atoms with Gasteiger partial charge in [0.15, 0.2) is 11.6 Å². The van der Waals surface area contributed by atoms with E-state index in [9.17, 15) is 9.50 Å². The molecule has 4 heteroatoms. The van der Waals surface area contributed by atoms with Crippen LogP contribution in [0, 0.1) is 5.82 Å². The van der Waals surface area contributed by atoms with Crippen molar-refractivity contribution in [3.05, 3.63) is 29.6 Å². The Morgan fingerprint density at radius 1 is 1.50 bits per heavy atom. The summed E-state index contributed by atoms with van der Waals surface area (Å²) in [6, 6.07) is 4.95. The fourth-order valence-corrected chi connectivity index (χ4v) is 2.36. The van der Waals surface area contributed by atoms with Crippen molar-refractivity contribution >= 4 is 0 Å². The van der Waals surface area contributed by atoms with Crippen LogP contribution in [0.4, 0.5) is 4.39 Å². The molecule has 18 heavy (non-hydrogen) atoms. The third-order valence-corrected chi connectivity index (χ3v) is 3.35. The first-order valence-corrected chi connectivity index (χ1v) is 6.32. The molecule has 0 amide bonds. The molecule has 0 bridgehead atoms. The van der Waals surface area contributed by atoms with Gasteiger partial charge in [0.05, 0.1) is 5.60 Å². The van der Waals surface area contributed by atoms with Gasteiger partial charge in [-0.3, -0.25) is 0 Å². The van der Waals surface area contributed by atoms with Crippen LogP contribution in [0.1, 0.15) is 32.3 Å². The van der Waals surface area contributed by atoms with E-state index in [2.05, 4.69) is 19.2 Å². The second-order valence-corrected chi connectivity index (χ2v) is 5.43. The number of phenolic OH excluding ortho intramolecular Hbond substituents is 1. The highest BCUT2D eigenvalue weighted by Crippen LogP contribution is 2.25. The second-order valence-electron chi connectivity index (χ2n) is 5.43. The molecule has 2 N–H and O–H groups in total. The number of benzene rings is 1. The molecule has 0 saturated carbocycles. The van der Waals surface area contributed by atoms with Gasteiger partial charge in [0.2, 0.25) is 0 Å². The molecule has 1 fully saturated rings. The maximum atomic E-state index is 13.2. The van der Waals surface area contributed by atoms with Gasteiger partial charge in [-0.15, -0.1) is 0 Å². The number of rotatable bonds is 3. The van der Waals surface area contributed by atoms with Gasteiger partial charge < -0.3 is 15.2 Å². The van der Waals surface area contributed by atoms with E-state index >= 15 is 0 Å². The number of phenols is 1. The number of aromatic hydroxyl groups is 1. The Morgan fingerprint density at radius 3 is 3.00 bits per heavy atom. The standard InChI is InChI=1S/C14H20FNO2/c1-14(2)8-11(6-7-18-14)16-9-10-4-3-5-12(15)13(10)17/h3-5,11,16-17H,6-9H2,1-2H3. The number of nitrogens with one attached hydrogen (secondary N) is 1. The largest absolute Gasteiger partial charge is 0.505 e. The minimum atomic E-state index is -0.568. The first-order chi connectivity index (χ1) is 8.48. The molecule has 1 saturated heterocycles. The summed E-state index contributed by atoms with van der Waals surface area (Å²) in [5, 5.41) is 12.9. The molecule has 1 aliphatic rings. The van der Waals surface area contributed by atoms with Crippen molar-refractivity contribution in [2.45, 2.75) is 44.9 Å². The average Bonchev–Trinajstić information content (AvgIpc) is 2.30. The van der Waals surface area contributed by atoms with Crippen LogP contribution in [-0.2, 0) is 11.3 Å². The van der Waals surface area contributed by atoms with Crippen LogP contribution in [0.15, 0.2) is 18.2 Å². The monoisotopic (exact) mass is 253 g/mol. The fourth-order valence-electron chi connectivity index (χ4n) is 2.36. The SMILES string of the molecule is CC1(C)CC(NCc2cccc(F)c2O)CCO1. The van der Waals surface area contributed by atoms with Crippen LogP contribution < -0.4 is 5.32 Å². The van der Waals surface area contributed by atoms with Gasteiger partial charge >= 0.3 is 0 Å². The predicted octanol–water partition coefficient (Wildman–Crippen LogP) is 2.58. The summed E-state index contributed by atoms with van der Waals surface area (Å²) in [7, 11) is 0. The first-order valence-electron chi connectivity index (χ1n) is 6.32. The highest BCUT2D eigenvalue weighted by molar-refractivity contribution is 5.33. The molecule has 1 aromatic rings. The van der Waals surface area contributed by atoms with Crippen molar-refractivity contribution in [1.82, 2.24) is 5.32 Å². The van der Waals surface area contributed by atoms with E-state index in [4.69, 9.17) is 4.74 Å². The Hall–Kier alpha value is -1.13. The van der Waals surface area contributed by atoms with E-state index in [0.717, 1.165) is 19.4 Å². The summed E-state index contributed by atoms with van der Waals surface area (Å²) in [6.07, 6.45) is 1.86. The fraction of sp³-hybridized carbons (Fsp3) is 0.571. The van der Waals surface area contributed by atoms with Crippen LogP contribution in [0.5, 0.6) is 5.75 Å². The second kappa shape index (κ2) is 5.24. The number of para-hydroxylation sites is 1. The van der Waals surface area contributed by atoms with Crippen molar-refractivity contribution in [2.24, 2.45) is 0 Å². The molecule has 2 rings (SSSR count). The molecule has 1 aliphatic heterocycles.